The van der Waals surface area contributed by atoms with Gasteiger partial charge in [0.05, 0.1) is 0 Å². The summed E-state index contributed by atoms with van der Waals surface area (Å²) in [6.45, 7) is 0. The zero-order valence-electron chi connectivity index (χ0n) is 6.09. The maximum absolute atomic E-state index is 2.26. The predicted molar refractivity (Wildman–Crippen MR) is 40.1 cm³/mol. The molecule has 0 aromatic rings. The fraction of sp³-hybridized carbons (Fsp3) is 0.500. The lowest BCUT2D eigenvalue weighted by molar-refractivity contribution is 0.524. The molecule has 1 rings (SSSR count). The van der Waals surface area contributed by atoms with Gasteiger partial charge in [-0.05, 0) is 18.9 Å². The predicted octanol–water partition coefficient (Wildman–Crippen LogP) is 1.78. The number of hydrogen-bond acceptors (Lipinski definition) is 1. The second-order valence-corrected chi connectivity index (χ2v) is 2.50. The van der Waals surface area contributed by atoms with Crippen molar-refractivity contribution >= 4 is 0 Å². The molecule has 0 heterocycles. The Morgan fingerprint density at radius 1 is 1.33 bits per heavy atom. The molecule has 0 atom stereocenters. The van der Waals surface area contributed by atoms with Gasteiger partial charge in [0.25, 0.3) is 0 Å². The zero-order chi connectivity index (χ0) is 6.69. The van der Waals surface area contributed by atoms with Gasteiger partial charge in [-0.3, -0.25) is 0 Å². The summed E-state index contributed by atoms with van der Waals surface area (Å²) in [5, 5.41) is 0. The molecule has 0 aromatic carbocycles. The van der Waals surface area contributed by atoms with E-state index in [1.54, 1.807) is 0 Å². The second kappa shape index (κ2) is 2.72. The van der Waals surface area contributed by atoms with Gasteiger partial charge in [-0.1, -0.05) is 12.2 Å². The smallest absolute Gasteiger partial charge is 0.0317 e. The van der Waals surface area contributed by atoms with Crippen molar-refractivity contribution in [1.82, 2.24) is 4.90 Å². The average Bonchev–Trinajstić information content (AvgIpc) is 1.90. The first-order valence-electron chi connectivity index (χ1n) is 3.35. The Bertz CT molecular complexity index is 143. The Labute approximate surface area is 56.7 Å². The maximum atomic E-state index is 2.26. The molecule has 0 saturated carbocycles. The average molecular weight is 123 g/mol. The summed E-state index contributed by atoms with van der Waals surface area (Å²) in [4.78, 5) is 2.13. The highest BCUT2D eigenvalue weighted by Crippen LogP contribution is 2.10. The summed E-state index contributed by atoms with van der Waals surface area (Å²) >= 11 is 0. The number of allylic oxidation sites excluding steroid dienone is 3. The van der Waals surface area contributed by atoms with E-state index in [1.165, 1.54) is 18.5 Å². The van der Waals surface area contributed by atoms with Gasteiger partial charge in [0, 0.05) is 19.8 Å². The largest absolute Gasteiger partial charge is 0.378 e. The van der Waals surface area contributed by atoms with Crippen LogP contribution in [-0.2, 0) is 0 Å². The first-order valence-corrected chi connectivity index (χ1v) is 3.35. The molecule has 0 aliphatic heterocycles. The number of nitrogens with zero attached hydrogens (tertiary/aromatic N) is 1. The van der Waals surface area contributed by atoms with Crippen LogP contribution in [-0.4, -0.2) is 19.0 Å². The van der Waals surface area contributed by atoms with E-state index in [0.29, 0.717) is 0 Å². The quantitative estimate of drug-likeness (QED) is 0.513. The second-order valence-electron chi connectivity index (χ2n) is 2.50. The molecule has 1 nitrogen and oxygen atoms in total. The fourth-order valence-corrected chi connectivity index (χ4v) is 0.931. The van der Waals surface area contributed by atoms with Crippen LogP contribution in [0.25, 0.3) is 0 Å². The molecule has 1 aliphatic rings. The molecule has 0 N–H and O–H groups in total. The third-order valence-electron chi connectivity index (χ3n) is 1.49. The van der Waals surface area contributed by atoms with E-state index in [2.05, 4.69) is 37.2 Å². The summed E-state index contributed by atoms with van der Waals surface area (Å²) in [6, 6.07) is 0. The van der Waals surface area contributed by atoms with E-state index in [0.717, 1.165) is 0 Å². The van der Waals surface area contributed by atoms with Gasteiger partial charge in [0.1, 0.15) is 0 Å². The van der Waals surface area contributed by atoms with E-state index in [9.17, 15) is 0 Å². The highest BCUT2D eigenvalue weighted by Gasteiger charge is 1.96. The highest BCUT2D eigenvalue weighted by atomic mass is 15.1. The Morgan fingerprint density at radius 2 is 2.11 bits per heavy atom. The van der Waals surface area contributed by atoms with Crippen LogP contribution in [0.3, 0.4) is 0 Å². The normalized spacial score (nSPS) is 17.3. The SMILES string of the molecule is CN(C)C1=CCCC=C1. The van der Waals surface area contributed by atoms with Crippen molar-refractivity contribution in [3.05, 3.63) is 23.9 Å². The van der Waals surface area contributed by atoms with Gasteiger partial charge >= 0.3 is 0 Å². The first-order chi connectivity index (χ1) is 4.30. The van der Waals surface area contributed by atoms with E-state index < -0.39 is 0 Å². The van der Waals surface area contributed by atoms with Crippen LogP contribution in [0.2, 0.25) is 0 Å². The lowest BCUT2D eigenvalue weighted by Gasteiger charge is -2.15. The van der Waals surface area contributed by atoms with Gasteiger partial charge in [-0.25, -0.2) is 0 Å². The Kier molecular flexibility index (Phi) is 1.93. The first kappa shape index (κ1) is 6.40. The van der Waals surface area contributed by atoms with Crippen LogP contribution < -0.4 is 0 Å². The van der Waals surface area contributed by atoms with Gasteiger partial charge < -0.3 is 4.90 Å². The van der Waals surface area contributed by atoms with Crippen LogP contribution in [0.5, 0.6) is 0 Å². The van der Waals surface area contributed by atoms with Crippen LogP contribution in [0.1, 0.15) is 12.8 Å². The molecule has 0 fully saturated rings. The standard InChI is InChI=1S/C8H13N/c1-9(2)8-6-4-3-5-7-8/h4,6-7H,3,5H2,1-2H3. The molecule has 0 saturated heterocycles. The molecule has 0 amide bonds. The molecule has 1 aliphatic carbocycles. The van der Waals surface area contributed by atoms with Gasteiger partial charge in [-0.15, -0.1) is 0 Å². The minimum absolute atomic E-state index is 1.20. The van der Waals surface area contributed by atoms with Gasteiger partial charge in [0.2, 0.25) is 0 Å². The van der Waals surface area contributed by atoms with Crippen LogP contribution in [0.15, 0.2) is 23.9 Å². The molecular weight excluding hydrogens is 110 g/mol. The minimum atomic E-state index is 1.20. The lowest BCUT2D eigenvalue weighted by atomic mass is 10.1. The van der Waals surface area contributed by atoms with Gasteiger partial charge in [0.15, 0.2) is 0 Å². The third-order valence-corrected chi connectivity index (χ3v) is 1.49. The van der Waals surface area contributed by atoms with Crippen LogP contribution in [0.4, 0.5) is 0 Å². The van der Waals surface area contributed by atoms with Crippen molar-refractivity contribution < 1.29 is 0 Å². The number of hydrogen-bond donors (Lipinski definition) is 0. The van der Waals surface area contributed by atoms with Crippen molar-refractivity contribution in [2.45, 2.75) is 12.8 Å². The van der Waals surface area contributed by atoms with Crippen molar-refractivity contribution in [2.24, 2.45) is 0 Å². The summed E-state index contributed by atoms with van der Waals surface area (Å²) in [5.41, 5.74) is 1.33. The molecule has 1 heteroatoms. The fourth-order valence-electron chi connectivity index (χ4n) is 0.931. The number of rotatable bonds is 1. The molecule has 0 radical (unpaired) electrons. The summed E-state index contributed by atoms with van der Waals surface area (Å²) in [5.74, 6) is 0. The summed E-state index contributed by atoms with van der Waals surface area (Å²) in [7, 11) is 4.14. The monoisotopic (exact) mass is 123 g/mol. The van der Waals surface area contributed by atoms with Crippen molar-refractivity contribution in [3.8, 4) is 0 Å². The molecule has 9 heavy (non-hydrogen) atoms. The molecule has 0 unspecified atom stereocenters. The molecule has 50 valence electrons. The van der Waals surface area contributed by atoms with Gasteiger partial charge in [-0.2, -0.15) is 0 Å². The zero-order valence-corrected chi connectivity index (χ0v) is 6.09. The topological polar surface area (TPSA) is 3.24 Å². The van der Waals surface area contributed by atoms with Crippen molar-refractivity contribution in [2.75, 3.05) is 14.1 Å². The molecule has 0 spiro atoms. The number of likely N-dealkylation sites (N-methyl/N-ethyl adjacent to an activating group) is 1. The minimum Gasteiger partial charge on any atom is -0.378 e. The Hall–Kier alpha value is -0.720. The third kappa shape index (κ3) is 1.60. The van der Waals surface area contributed by atoms with Crippen LogP contribution >= 0.6 is 0 Å². The van der Waals surface area contributed by atoms with E-state index in [1.807, 2.05) is 0 Å². The van der Waals surface area contributed by atoms with Crippen molar-refractivity contribution in [1.29, 1.82) is 0 Å². The van der Waals surface area contributed by atoms with Crippen LogP contribution in [0, 0.1) is 0 Å². The van der Waals surface area contributed by atoms with Crippen molar-refractivity contribution in [3.63, 3.8) is 0 Å². The highest BCUT2D eigenvalue weighted by molar-refractivity contribution is 5.19. The Balaban J connectivity index is 2.58. The Morgan fingerprint density at radius 3 is 2.44 bits per heavy atom. The molecule has 0 aromatic heterocycles. The molecule has 0 bridgehead atoms. The van der Waals surface area contributed by atoms with E-state index >= 15 is 0 Å². The lowest BCUT2D eigenvalue weighted by Crippen LogP contribution is -2.09. The maximum Gasteiger partial charge on any atom is 0.0317 e. The summed E-state index contributed by atoms with van der Waals surface area (Å²) < 4.78 is 0. The molecular formula is C8H13N. The summed E-state index contributed by atoms with van der Waals surface area (Å²) in [6.07, 6.45) is 9.06. The van der Waals surface area contributed by atoms with E-state index in [-0.39, 0.29) is 0 Å². The van der Waals surface area contributed by atoms with E-state index in [4.69, 9.17) is 0 Å².